The molecule has 1 aliphatic rings. The summed E-state index contributed by atoms with van der Waals surface area (Å²) in [6.07, 6.45) is 0. The van der Waals surface area contributed by atoms with Crippen LogP contribution in [-0.2, 0) is 14.3 Å². The minimum atomic E-state index is -0.727. The molecule has 2 amide bonds. The fourth-order valence-electron chi connectivity index (χ4n) is 3.35. The van der Waals surface area contributed by atoms with Crippen molar-refractivity contribution in [3.8, 4) is 11.5 Å². The van der Waals surface area contributed by atoms with Crippen LogP contribution in [-0.4, -0.2) is 63.8 Å². The van der Waals surface area contributed by atoms with E-state index in [-0.39, 0.29) is 12.6 Å². The molecule has 1 atom stereocenters. The SMILES string of the molecule is COc1cccc(NC(=O)C(=O)NCC(c2cccc(OC)c2)N2CCOCC2)c1. The number of nitrogens with zero attached hydrogens (tertiary/aromatic N) is 1. The van der Waals surface area contributed by atoms with Crippen LogP contribution < -0.4 is 20.1 Å². The zero-order valence-electron chi connectivity index (χ0n) is 17.2. The normalized spacial score (nSPS) is 15.1. The first kappa shape index (κ1) is 21.6. The second-order valence-corrected chi connectivity index (χ2v) is 6.84. The number of methoxy groups -OCH3 is 2. The molecule has 0 aliphatic carbocycles. The Morgan fingerprint density at radius 3 is 2.37 bits per heavy atom. The van der Waals surface area contributed by atoms with Gasteiger partial charge in [0.05, 0.1) is 33.5 Å². The summed E-state index contributed by atoms with van der Waals surface area (Å²) in [5.74, 6) is -0.0833. The Labute approximate surface area is 176 Å². The highest BCUT2D eigenvalue weighted by Gasteiger charge is 2.25. The van der Waals surface area contributed by atoms with Gasteiger partial charge in [0.2, 0.25) is 0 Å². The van der Waals surface area contributed by atoms with E-state index >= 15 is 0 Å². The Hall–Kier alpha value is -3.10. The van der Waals surface area contributed by atoms with E-state index in [0.717, 1.165) is 24.4 Å². The van der Waals surface area contributed by atoms with Gasteiger partial charge in [-0.15, -0.1) is 0 Å². The molecule has 30 heavy (non-hydrogen) atoms. The summed E-state index contributed by atoms with van der Waals surface area (Å²) >= 11 is 0. The van der Waals surface area contributed by atoms with Gasteiger partial charge in [0, 0.05) is 31.4 Å². The van der Waals surface area contributed by atoms with E-state index in [1.165, 1.54) is 7.11 Å². The van der Waals surface area contributed by atoms with E-state index in [1.54, 1.807) is 31.4 Å². The van der Waals surface area contributed by atoms with Gasteiger partial charge in [-0.3, -0.25) is 14.5 Å². The zero-order valence-corrected chi connectivity index (χ0v) is 17.2. The average Bonchev–Trinajstić information content (AvgIpc) is 2.80. The molecule has 8 heteroatoms. The molecular formula is C22H27N3O5. The second-order valence-electron chi connectivity index (χ2n) is 6.84. The quantitative estimate of drug-likeness (QED) is 0.674. The number of rotatable bonds is 7. The van der Waals surface area contributed by atoms with Crippen LogP contribution in [0.4, 0.5) is 5.69 Å². The molecule has 3 rings (SSSR count). The van der Waals surface area contributed by atoms with E-state index in [9.17, 15) is 9.59 Å². The molecule has 0 saturated carbocycles. The van der Waals surface area contributed by atoms with E-state index in [0.29, 0.717) is 24.7 Å². The van der Waals surface area contributed by atoms with Crippen molar-refractivity contribution in [2.75, 3.05) is 52.4 Å². The van der Waals surface area contributed by atoms with Gasteiger partial charge >= 0.3 is 11.8 Å². The molecule has 1 saturated heterocycles. The topological polar surface area (TPSA) is 89.1 Å². The summed E-state index contributed by atoms with van der Waals surface area (Å²) in [5, 5.41) is 5.35. The largest absolute Gasteiger partial charge is 0.497 e. The van der Waals surface area contributed by atoms with Gasteiger partial charge in [0.25, 0.3) is 0 Å². The molecule has 1 fully saturated rings. The molecule has 0 bridgehead atoms. The summed E-state index contributed by atoms with van der Waals surface area (Å²) in [4.78, 5) is 27.0. The van der Waals surface area contributed by atoms with Crippen LogP contribution in [0.25, 0.3) is 0 Å². The van der Waals surface area contributed by atoms with E-state index < -0.39 is 11.8 Å². The molecule has 2 N–H and O–H groups in total. The summed E-state index contributed by atoms with van der Waals surface area (Å²) < 4.78 is 15.9. The molecule has 2 aromatic rings. The van der Waals surface area contributed by atoms with Gasteiger partial charge in [-0.05, 0) is 29.8 Å². The number of hydrogen-bond donors (Lipinski definition) is 2. The number of benzene rings is 2. The molecule has 160 valence electrons. The van der Waals surface area contributed by atoms with E-state index in [4.69, 9.17) is 14.2 Å². The third kappa shape index (κ3) is 5.71. The monoisotopic (exact) mass is 413 g/mol. The van der Waals surface area contributed by atoms with E-state index in [2.05, 4.69) is 15.5 Å². The Balaban J connectivity index is 1.66. The minimum Gasteiger partial charge on any atom is -0.497 e. The number of amides is 2. The van der Waals surface area contributed by atoms with Gasteiger partial charge < -0.3 is 24.8 Å². The van der Waals surface area contributed by atoms with Gasteiger partial charge in [0.15, 0.2) is 0 Å². The Morgan fingerprint density at radius 1 is 1.00 bits per heavy atom. The predicted octanol–water partition coefficient (Wildman–Crippen LogP) is 1.83. The number of anilines is 1. The van der Waals surface area contributed by atoms with Crippen LogP contribution in [0.1, 0.15) is 11.6 Å². The van der Waals surface area contributed by atoms with Crippen LogP contribution in [0.3, 0.4) is 0 Å². The smallest absolute Gasteiger partial charge is 0.313 e. The second kappa shape index (κ2) is 10.6. The number of carbonyl (C=O) groups excluding carboxylic acids is 2. The first-order valence-corrected chi connectivity index (χ1v) is 9.79. The van der Waals surface area contributed by atoms with Crippen molar-refractivity contribution in [3.05, 3.63) is 54.1 Å². The minimum absolute atomic E-state index is 0.0995. The standard InChI is InChI=1S/C22H27N3O5/c1-28-18-7-3-5-16(13-18)20(25-9-11-30-12-10-25)15-23-21(26)22(27)24-17-6-4-8-19(14-17)29-2/h3-8,13-14,20H,9-12,15H2,1-2H3,(H,23,26)(H,24,27). The van der Waals surface area contributed by atoms with Crippen molar-refractivity contribution in [3.63, 3.8) is 0 Å². The third-order valence-corrected chi connectivity index (χ3v) is 4.95. The lowest BCUT2D eigenvalue weighted by Gasteiger charge is -2.35. The number of nitrogens with one attached hydrogen (secondary N) is 2. The summed E-state index contributed by atoms with van der Waals surface area (Å²) in [7, 11) is 3.16. The maximum Gasteiger partial charge on any atom is 0.313 e. The molecule has 0 aromatic heterocycles. The summed E-state index contributed by atoms with van der Waals surface area (Å²) in [6.45, 7) is 3.04. The highest BCUT2D eigenvalue weighted by atomic mass is 16.5. The molecule has 1 unspecified atom stereocenters. The van der Waals surface area contributed by atoms with Crippen LogP contribution in [0, 0.1) is 0 Å². The number of ether oxygens (including phenoxy) is 3. The Kier molecular flexibility index (Phi) is 7.64. The lowest BCUT2D eigenvalue weighted by molar-refractivity contribution is -0.136. The van der Waals surface area contributed by atoms with E-state index in [1.807, 2.05) is 24.3 Å². The van der Waals surface area contributed by atoms with Crippen molar-refractivity contribution < 1.29 is 23.8 Å². The molecule has 0 spiro atoms. The molecule has 8 nitrogen and oxygen atoms in total. The number of morpholine rings is 1. The van der Waals surface area contributed by atoms with Gasteiger partial charge in [-0.25, -0.2) is 0 Å². The molecule has 1 heterocycles. The fraction of sp³-hybridized carbons (Fsp3) is 0.364. The van der Waals surface area contributed by atoms with Gasteiger partial charge in [-0.2, -0.15) is 0 Å². The predicted molar refractivity (Wildman–Crippen MR) is 113 cm³/mol. The third-order valence-electron chi connectivity index (χ3n) is 4.95. The molecule has 2 aromatic carbocycles. The van der Waals surface area contributed by atoms with Crippen molar-refractivity contribution in [1.29, 1.82) is 0 Å². The van der Waals surface area contributed by atoms with Crippen molar-refractivity contribution in [2.45, 2.75) is 6.04 Å². The van der Waals surface area contributed by atoms with Crippen LogP contribution in [0.2, 0.25) is 0 Å². The van der Waals surface area contributed by atoms with Crippen molar-refractivity contribution >= 4 is 17.5 Å². The van der Waals surface area contributed by atoms with Crippen LogP contribution in [0.5, 0.6) is 11.5 Å². The molecule has 0 radical (unpaired) electrons. The highest BCUT2D eigenvalue weighted by molar-refractivity contribution is 6.39. The maximum atomic E-state index is 12.4. The zero-order chi connectivity index (χ0) is 21.3. The average molecular weight is 413 g/mol. The number of carbonyl (C=O) groups is 2. The lowest BCUT2D eigenvalue weighted by atomic mass is 10.0. The summed E-state index contributed by atoms with van der Waals surface area (Å²) in [6, 6.07) is 14.5. The molecule has 1 aliphatic heterocycles. The van der Waals surface area contributed by atoms with Crippen LogP contribution in [0.15, 0.2) is 48.5 Å². The summed E-state index contributed by atoms with van der Waals surface area (Å²) in [5.41, 5.74) is 1.50. The first-order valence-electron chi connectivity index (χ1n) is 9.79. The first-order chi connectivity index (χ1) is 14.6. The maximum absolute atomic E-state index is 12.4. The Morgan fingerprint density at radius 2 is 1.67 bits per heavy atom. The van der Waals surface area contributed by atoms with Gasteiger partial charge in [0.1, 0.15) is 11.5 Å². The van der Waals surface area contributed by atoms with Crippen LogP contribution >= 0.6 is 0 Å². The molecular weight excluding hydrogens is 386 g/mol. The highest BCUT2D eigenvalue weighted by Crippen LogP contribution is 2.25. The lowest BCUT2D eigenvalue weighted by Crippen LogP contribution is -2.45. The fourth-order valence-corrected chi connectivity index (χ4v) is 3.35. The Bertz CT molecular complexity index is 867. The van der Waals surface area contributed by atoms with Crippen molar-refractivity contribution in [1.82, 2.24) is 10.2 Å². The van der Waals surface area contributed by atoms with Gasteiger partial charge in [-0.1, -0.05) is 18.2 Å². The van der Waals surface area contributed by atoms with Crippen molar-refractivity contribution in [2.24, 2.45) is 0 Å². The number of hydrogen-bond acceptors (Lipinski definition) is 6.